The Morgan fingerprint density at radius 1 is 1.14 bits per heavy atom. The van der Waals surface area contributed by atoms with Crippen molar-refractivity contribution in [1.29, 1.82) is 0 Å². The molecule has 0 radical (unpaired) electrons. The fourth-order valence-corrected chi connectivity index (χ4v) is 3.64. The maximum atomic E-state index is 6.40. The Balaban J connectivity index is 1.91. The van der Waals surface area contributed by atoms with E-state index in [4.69, 9.17) is 5.73 Å². The lowest BCUT2D eigenvalue weighted by molar-refractivity contribution is 0.104. The lowest BCUT2D eigenvalue weighted by atomic mass is 9.67. The van der Waals surface area contributed by atoms with Crippen LogP contribution in [0, 0.1) is 17.3 Å². The van der Waals surface area contributed by atoms with Crippen molar-refractivity contribution in [2.45, 2.75) is 52.6 Å². The van der Waals surface area contributed by atoms with E-state index in [-0.39, 0.29) is 0 Å². The molecule has 0 aliphatic heterocycles. The molecule has 0 aromatic heterocycles. The zero-order valence-corrected chi connectivity index (χ0v) is 14.2. The minimum atomic E-state index is 0.377. The van der Waals surface area contributed by atoms with Gasteiger partial charge in [-0.25, -0.2) is 0 Å². The van der Waals surface area contributed by atoms with Crippen LogP contribution in [0.1, 0.15) is 45.6 Å². The lowest BCUT2D eigenvalue weighted by Crippen LogP contribution is -2.44. The Morgan fingerprint density at radius 3 is 2.43 bits per heavy atom. The van der Waals surface area contributed by atoms with Crippen molar-refractivity contribution in [3.05, 3.63) is 35.9 Å². The van der Waals surface area contributed by atoms with E-state index in [1.165, 1.54) is 24.8 Å². The molecule has 21 heavy (non-hydrogen) atoms. The van der Waals surface area contributed by atoms with Crippen molar-refractivity contribution in [1.82, 2.24) is 4.90 Å². The van der Waals surface area contributed by atoms with Crippen LogP contribution in [-0.4, -0.2) is 24.5 Å². The van der Waals surface area contributed by atoms with Crippen LogP contribution in [0.4, 0.5) is 0 Å². The molecule has 1 aromatic rings. The van der Waals surface area contributed by atoms with Gasteiger partial charge in [-0.2, -0.15) is 0 Å². The first-order chi connectivity index (χ1) is 9.86. The molecular formula is C19H32N2. The summed E-state index contributed by atoms with van der Waals surface area (Å²) >= 11 is 0. The normalized spacial score (nSPS) is 27.0. The summed E-state index contributed by atoms with van der Waals surface area (Å²) in [5, 5.41) is 0. The average Bonchev–Trinajstić information content (AvgIpc) is 2.41. The molecule has 0 amide bonds. The number of hydrogen-bond donors (Lipinski definition) is 1. The van der Waals surface area contributed by atoms with Crippen LogP contribution < -0.4 is 5.73 Å². The highest BCUT2D eigenvalue weighted by molar-refractivity contribution is 5.14. The summed E-state index contributed by atoms with van der Waals surface area (Å²) in [6.07, 6.45) is 3.76. The molecule has 1 aliphatic rings. The topological polar surface area (TPSA) is 29.3 Å². The second kappa shape index (κ2) is 6.93. The van der Waals surface area contributed by atoms with Crippen molar-refractivity contribution in [2.75, 3.05) is 13.6 Å². The number of nitrogens with zero attached hydrogens (tertiary/aromatic N) is 1. The van der Waals surface area contributed by atoms with Gasteiger partial charge < -0.3 is 10.6 Å². The molecule has 1 saturated carbocycles. The van der Waals surface area contributed by atoms with E-state index in [2.05, 4.69) is 63.1 Å². The van der Waals surface area contributed by atoms with Gasteiger partial charge in [-0.3, -0.25) is 0 Å². The molecule has 3 atom stereocenters. The molecule has 0 bridgehead atoms. The molecule has 118 valence electrons. The molecular weight excluding hydrogens is 256 g/mol. The number of nitrogens with two attached hydrogens (primary N) is 1. The van der Waals surface area contributed by atoms with Gasteiger partial charge in [-0.05, 0) is 49.1 Å². The second-order valence-corrected chi connectivity index (χ2v) is 7.98. The summed E-state index contributed by atoms with van der Waals surface area (Å²) in [6, 6.07) is 11.1. The van der Waals surface area contributed by atoms with Gasteiger partial charge in [0.2, 0.25) is 0 Å². The third-order valence-electron chi connectivity index (χ3n) is 5.11. The molecule has 1 aromatic carbocycles. The average molecular weight is 288 g/mol. The van der Waals surface area contributed by atoms with Crippen molar-refractivity contribution in [2.24, 2.45) is 23.0 Å². The Bertz CT molecular complexity index is 421. The SMILES string of the molecule is CN(Cc1ccccc1)CC1CC(C(C)(C)C)CCC1N. The molecule has 1 aliphatic carbocycles. The van der Waals surface area contributed by atoms with Crippen LogP contribution in [0.25, 0.3) is 0 Å². The predicted octanol–water partition coefficient (Wildman–Crippen LogP) is 3.91. The zero-order valence-electron chi connectivity index (χ0n) is 14.2. The molecule has 3 unspecified atom stereocenters. The smallest absolute Gasteiger partial charge is 0.0230 e. The van der Waals surface area contributed by atoms with Gasteiger partial charge >= 0.3 is 0 Å². The molecule has 0 spiro atoms. The number of rotatable bonds is 4. The van der Waals surface area contributed by atoms with Crippen LogP contribution in [-0.2, 0) is 6.54 Å². The Hall–Kier alpha value is -0.860. The maximum Gasteiger partial charge on any atom is 0.0230 e. The monoisotopic (exact) mass is 288 g/mol. The molecule has 1 fully saturated rings. The third kappa shape index (κ3) is 4.82. The first-order valence-electron chi connectivity index (χ1n) is 8.34. The zero-order chi connectivity index (χ0) is 15.5. The first kappa shape index (κ1) is 16.5. The summed E-state index contributed by atoms with van der Waals surface area (Å²) in [6.45, 7) is 9.25. The van der Waals surface area contributed by atoms with Gasteiger partial charge in [0.15, 0.2) is 0 Å². The maximum absolute atomic E-state index is 6.40. The lowest BCUT2D eigenvalue weighted by Gasteiger charge is -2.41. The van der Waals surface area contributed by atoms with Crippen molar-refractivity contribution in [3.8, 4) is 0 Å². The summed E-state index contributed by atoms with van der Waals surface area (Å²) in [4.78, 5) is 2.44. The van der Waals surface area contributed by atoms with Gasteiger partial charge in [-0.1, -0.05) is 51.1 Å². The Kier molecular flexibility index (Phi) is 5.45. The molecule has 2 N–H and O–H groups in total. The highest BCUT2D eigenvalue weighted by Gasteiger charge is 2.34. The fourth-order valence-electron chi connectivity index (χ4n) is 3.64. The van der Waals surface area contributed by atoms with E-state index in [0.717, 1.165) is 19.0 Å². The van der Waals surface area contributed by atoms with Crippen LogP contribution in [0.2, 0.25) is 0 Å². The summed E-state index contributed by atoms with van der Waals surface area (Å²) < 4.78 is 0. The number of benzene rings is 1. The van der Waals surface area contributed by atoms with Gasteiger partial charge in [0.05, 0.1) is 0 Å². The van der Waals surface area contributed by atoms with E-state index in [1.807, 2.05) is 0 Å². The van der Waals surface area contributed by atoms with Gasteiger partial charge in [0.25, 0.3) is 0 Å². The summed E-state index contributed by atoms with van der Waals surface area (Å²) in [7, 11) is 2.22. The Labute approximate surface area is 130 Å². The largest absolute Gasteiger partial charge is 0.327 e. The van der Waals surface area contributed by atoms with E-state index in [9.17, 15) is 0 Å². The minimum absolute atomic E-state index is 0.377. The van der Waals surface area contributed by atoms with Crippen LogP contribution in [0.15, 0.2) is 30.3 Å². The molecule has 0 heterocycles. The standard InChI is InChI=1S/C19H32N2/c1-19(2,3)17-10-11-18(20)16(12-17)14-21(4)13-15-8-6-5-7-9-15/h5-9,16-18H,10-14,20H2,1-4H3. The molecule has 2 nitrogen and oxygen atoms in total. The van der Waals surface area contributed by atoms with E-state index >= 15 is 0 Å². The molecule has 2 heteroatoms. The van der Waals surface area contributed by atoms with Gasteiger partial charge in [0.1, 0.15) is 0 Å². The van der Waals surface area contributed by atoms with Crippen molar-refractivity contribution < 1.29 is 0 Å². The first-order valence-corrected chi connectivity index (χ1v) is 8.34. The van der Waals surface area contributed by atoms with Gasteiger partial charge in [0, 0.05) is 19.1 Å². The van der Waals surface area contributed by atoms with Crippen LogP contribution in [0.3, 0.4) is 0 Å². The van der Waals surface area contributed by atoms with Crippen LogP contribution >= 0.6 is 0 Å². The quantitative estimate of drug-likeness (QED) is 0.910. The van der Waals surface area contributed by atoms with Crippen LogP contribution in [0.5, 0.6) is 0 Å². The highest BCUT2D eigenvalue weighted by Crippen LogP contribution is 2.40. The Morgan fingerprint density at radius 2 is 1.81 bits per heavy atom. The fraction of sp³-hybridized carbons (Fsp3) is 0.684. The van der Waals surface area contributed by atoms with Crippen molar-refractivity contribution in [3.63, 3.8) is 0 Å². The summed E-state index contributed by atoms with van der Waals surface area (Å²) in [5.74, 6) is 1.45. The minimum Gasteiger partial charge on any atom is -0.327 e. The number of hydrogen-bond acceptors (Lipinski definition) is 2. The predicted molar refractivity (Wildman–Crippen MR) is 91.0 cm³/mol. The van der Waals surface area contributed by atoms with E-state index < -0.39 is 0 Å². The van der Waals surface area contributed by atoms with Crippen molar-refractivity contribution >= 4 is 0 Å². The third-order valence-corrected chi connectivity index (χ3v) is 5.11. The molecule has 2 rings (SSSR count). The molecule has 0 saturated heterocycles. The van der Waals surface area contributed by atoms with Gasteiger partial charge in [-0.15, -0.1) is 0 Å². The van der Waals surface area contributed by atoms with E-state index in [0.29, 0.717) is 17.4 Å². The highest BCUT2D eigenvalue weighted by atomic mass is 15.1. The summed E-state index contributed by atoms with van der Waals surface area (Å²) in [5.41, 5.74) is 8.20. The second-order valence-electron chi connectivity index (χ2n) is 7.98. The van der Waals surface area contributed by atoms with E-state index in [1.54, 1.807) is 0 Å².